The lowest BCUT2D eigenvalue weighted by Crippen LogP contribution is -2.40. The fourth-order valence-corrected chi connectivity index (χ4v) is 1.65. The first-order valence-electron chi connectivity index (χ1n) is 5.04. The summed E-state index contributed by atoms with van der Waals surface area (Å²) in [6.45, 7) is 1.07. The summed E-state index contributed by atoms with van der Waals surface area (Å²) < 4.78 is 10.3. The summed E-state index contributed by atoms with van der Waals surface area (Å²) in [5, 5.41) is 0. The number of nitrogens with zero attached hydrogens (tertiary/aromatic N) is 1. The first-order valence-corrected chi connectivity index (χ1v) is 5.04. The van der Waals surface area contributed by atoms with Crippen molar-refractivity contribution in [3.63, 3.8) is 0 Å². The van der Waals surface area contributed by atoms with Crippen LogP contribution in [0, 0.1) is 0 Å². The van der Waals surface area contributed by atoms with Crippen LogP contribution in [-0.2, 0) is 9.53 Å². The van der Waals surface area contributed by atoms with Crippen LogP contribution in [0.15, 0.2) is 18.2 Å². The molecule has 1 aliphatic rings. The van der Waals surface area contributed by atoms with E-state index in [-0.39, 0.29) is 12.5 Å². The second-order valence-corrected chi connectivity index (χ2v) is 3.55. The van der Waals surface area contributed by atoms with E-state index in [0.29, 0.717) is 30.3 Å². The Balaban J connectivity index is 2.31. The van der Waals surface area contributed by atoms with Crippen LogP contribution in [0.2, 0.25) is 0 Å². The van der Waals surface area contributed by atoms with Crippen LogP contribution in [-0.4, -0.2) is 32.8 Å². The van der Waals surface area contributed by atoms with Gasteiger partial charge in [-0.15, -0.1) is 0 Å². The highest BCUT2D eigenvalue weighted by molar-refractivity contribution is 5.98. The smallest absolute Gasteiger partial charge is 0.265 e. The summed E-state index contributed by atoms with van der Waals surface area (Å²) in [6.07, 6.45) is 0. The van der Waals surface area contributed by atoms with Crippen LogP contribution in [0.5, 0.6) is 5.75 Å². The highest BCUT2D eigenvalue weighted by atomic mass is 16.5. The number of amides is 1. The number of benzene rings is 1. The van der Waals surface area contributed by atoms with Gasteiger partial charge in [0.15, 0.2) is 6.61 Å². The molecule has 1 heterocycles. The topological polar surface area (TPSA) is 64.8 Å². The molecule has 5 heteroatoms. The van der Waals surface area contributed by atoms with Crippen molar-refractivity contribution in [1.82, 2.24) is 0 Å². The van der Waals surface area contributed by atoms with Crippen molar-refractivity contribution in [3.05, 3.63) is 18.2 Å². The number of carbonyl (C=O) groups excluding carboxylic acids is 1. The van der Waals surface area contributed by atoms with E-state index in [2.05, 4.69) is 0 Å². The van der Waals surface area contributed by atoms with Crippen molar-refractivity contribution in [3.8, 4) is 5.75 Å². The minimum atomic E-state index is -0.0739. The van der Waals surface area contributed by atoms with E-state index in [1.165, 1.54) is 0 Å². The van der Waals surface area contributed by atoms with Crippen molar-refractivity contribution >= 4 is 17.3 Å². The van der Waals surface area contributed by atoms with E-state index in [9.17, 15) is 4.79 Å². The molecule has 1 aromatic carbocycles. The first-order chi connectivity index (χ1) is 7.72. The number of ether oxygens (including phenoxy) is 2. The Morgan fingerprint density at radius 2 is 2.38 bits per heavy atom. The number of hydrogen-bond donors (Lipinski definition) is 1. The highest BCUT2D eigenvalue weighted by Crippen LogP contribution is 2.33. The third-order valence-electron chi connectivity index (χ3n) is 2.45. The molecule has 0 aromatic heterocycles. The van der Waals surface area contributed by atoms with Crippen LogP contribution in [0.3, 0.4) is 0 Å². The number of methoxy groups -OCH3 is 1. The Kier molecular flexibility index (Phi) is 2.96. The molecular formula is C11H14N2O3. The third kappa shape index (κ3) is 1.94. The average Bonchev–Trinajstić information content (AvgIpc) is 2.28. The molecule has 0 unspecified atom stereocenters. The van der Waals surface area contributed by atoms with Gasteiger partial charge in [0.2, 0.25) is 0 Å². The lowest BCUT2D eigenvalue weighted by molar-refractivity contribution is -0.121. The normalized spacial score (nSPS) is 14.6. The molecule has 2 rings (SSSR count). The summed E-state index contributed by atoms with van der Waals surface area (Å²) in [6, 6.07) is 5.27. The molecule has 0 spiro atoms. The van der Waals surface area contributed by atoms with Crippen molar-refractivity contribution < 1.29 is 14.3 Å². The van der Waals surface area contributed by atoms with E-state index < -0.39 is 0 Å². The number of carbonyl (C=O) groups is 1. The van der Waals surface area contributed by atoms with Gasteiger partial charge in [-0.3, -0.25) is 4.79 Å². The largest absolute Gasteiger partial charge is 0.482 e. The Bertz CT molecular complexity index is 406. The molecule has 0 atom stereocenters. The van der Waals surface area contributed by atoms with E-state index >= 15 is 0 Å². The maximum atomic E-state index is 11.7. The monoisotopic (exact) mass is 222 g/mol. The molecule has 1 aromatic rings. The number of rotatable bonds is 3. The molecule has 5 nitrogen and oxygen atoms in total. The van der Waals surface area contributed by atoms with Gasteiger partial charge in [0, 0.05) is 19.3 Å². The van der Waals surface area contributed by atoms with Crippen molar-refractivity contribution in [2.24, 2.45) is 0 Å². The van der Waals surface area contributed by atoms with Crippen molar-refractivity contribution in [2.75, 3.05) is 37.5 Å². The van der Waals surface area contributed by atoms with E-state index in [4.69, 9.17) is 15.2 Å². The predicted octanol–water partition coefficient (Wildman–Crippen LogP) is 0.641. The van der Waals surface area contributed by atoms with E-state index in [1.54, 1.807) is 30.2 Å². The van der Waals surface area contributed by atoms with Crippen LogP contribution in [0.25, 0.3) is 0 Å². The number of hydrogen-bond acceptors (Lipinski definition) is 4. The lowest BCUT2D eigenvalue weighted by Gasteiger charge is -2.29. The first kappa shape index (κ1) is 10.8. The van der Waals surface area contributed by atoms with E-state index in [1.807, 2.05) is 0 Å². The standard InChI is InChI=1S/C11H14N2O3/c1-15-5-4-13-9-6-8(12)2-3-10(9)16-7-11(13)14/h2-3,6H,4-5,7,12H2,1H3. The Labute approximate surface area is 93.7 Å². The van der Waals surface area contributed by atoms with Crippen LogP contribution >= 0.6 is 0 Å². The second kappa shape index (κ2) is 4.40. The summed E-state index contributed by atoms with van der Waals surface area (Å²) >= 11 is 0. The molecule has 0 bridgehead atoms. The average molecular weight is 222 g/mol. The minimum absolute atomic E-state index is 0.0701. The molecule has 0 saturated heterocycles. The zero-order valence-corrected chi connectivity index (χ0v) is 9.10. The molecule has 16 heavy (non-hydrogen) atoms. The number of anilines is 2. The van der Waals surface area contributed by atoms with Crippen molar-refractivity contribution in [1.29, 1.82) is 0 Å². The SMILES string of the molecule is COCCN1C(=O)COc2ccc(N)cc21. The van der Waals surface area contributed by atoms with Gasteiger partial charge in [0.05, 0.1) is 12.3 Å². The fraction of sp³-hybridized carbons (Fsp3) is 0.364. The quantitative estimate of drug-likeness (QED) is 0.762. The number of nitrogen functional groups attached to an aromatic ring is 1. The molecule has 86 valence electrons. The van der Waals surface area contributed by atoms with Crippen LogP contribution in [0.4, 0.5) is 11.4 Å². The highest BCUT2D eigenvalue weighted by Gasteiger charge is 2.25. The maximum absolute atomic E-state index is 11.7. The van der Waals surface area contributed by atoms with Crippen LogP contribution < -0.4 is 15.4 Å². The molecule has 1 aliphatic heterocycles. The predicted molar refractivity (Wildman–Crippen MR) is 60.6 cm³/mol. The Morgan fingerprint density at radius 3 is 3.12 bits per heavy atom. The fourth-order valence-electron chi connectivity index (χ4n) is 1.65. The van der Waals surface area contributed by atoms with Gasteiger partial charge >= 0.3 is 0 Å². The van der Waals surface area contributed by atoms with Gasteiger partial charge in [-0.05, 0) is 18.2 Å². The van der Waals surface area contributed by atoms with Gasteiger partial charge in [-0.25, -0.2) is 0 Å². The summed E-state index contributed by atoms with van der Waals surface area (Å²) in [5.74, 6) is 0.611. The molecular weight excluding hydrogens is 208 g/mol. The number of nitrogens with two attached hydrogens (primary N) is 1. The molecule has 0 radical (unpaired) electrons. The summed E-state index contributed by atoms with van der Waals surface area (Å²) in [7, 11) is 1.60. The molecule has 1 amide bonds. The van der Waals surface area contributed by atoms with E-state index in [0.717, 1.165) is 0 Å². The van der Waals surface area contributed by atoms with Gasteiger partial charge in [0.25, 0.3) is 5.91 Å². The van der Waals surface area contributed by atoms with Crippen LogP contribution in [0.1, 0.15) is 0 Å². The molecule has 2 N–H and O–H groups in total. The third-order valence-corrected chi connectivity index (χ3v) is 2.45. The van der Waals surface area contributed by atoms with Gasteiger partial charge in [-0.1, -0.05) is 0 Å². The zero-order valence-electron chi connectivity index (χ0n) is 9.10. The van der Waals surface area contributed by atoms with Crippen molar-refractivity contribution in [2.45, 2.75) is 0 Å². The lowest BCUT2D eigenvalue weighted by atomic mass is 10.2. The van der Waals surface area contributed by atoms with Gasteiger partial charge < -0.3 is 20.1 Å². The maximum Gasteiger partial charge on any atom is 0.265 e. The minimum Gasteiger partial charge on any atom is -0.482 e. The molecule has 0 saturated carbocycles. The second-order valence-electron chi connectivity index (χ2n) is 3.55. The Morgan fingerprint density at radius 1 is 1.56 bits per heavy atom. The zero-order chi connectivity index (χ0) is 11.5. The molecule has 0 aliphatic carbocycles. The Hall–Kier alpha value is -1.75. The molecule has 0 fully saturated rings. The summed E-state index contributed by atoms with van der Waals surface area (Å²) in [5.41, 5.74) is 7.02. The summed E-state index contributed by atoms with van der Waals surface area (Å²) in [4.78, 5) is 13.3. The van der Waals surface area contributed by atoms with Gasteiger partial charge in [0.1, 0.15) is 5.75 Å². The number of fused-ring (bicyclic) bond motifs is 1. The van der Waals surface area contributed by atoms with Gasteiger partial charge in [-0.2, -0.15) is 0 Å².